The molecule has 8 heteroatoms. The summed E-state index contributed by atoms with van der Waals surface area (Å²) in [5.74, 6) is 1.31. The summed E-state index contributed by atoms with van der Waals surface area (Å²) in [5, 5.41) is 11.4. The van der Waals surface area contributed by atoms with Gasteiger partial charge in [-0.3, -0.25) is 4.79 Å². The predicted molar refractivity (Wildman–Crippen MR) is 154 cm³/mol. The normalized spacial score (nSPS) is 25.5. The monoisotopic (exact) mass is 582 g/mol. The van der Waals surface area contributed by atoms with E-state index in [1.807, 2.05) is 20.8 Å². The molecule has 1 atom stereocenters. The van der Waals surface area contributed by atoms with Crippen LogP contribution >= 0.6 is 11.6 Å². The van der Waals surface area contributed by atoms with Crippen molar-refractivity contribution in [2.24, 2.45) is 23.2 Å². The smallest absolute Gasteiger partial charge is 0.346 e. The van der Waals surface area contributed by atoms with Crippen LogP contribution in [0.4, 0.5) is 0 Å². The van der Waals surface area contributed by atoms with E-state index in [0.29, 0.717) is 45.9 Å². The van der Waals surface area contributed by atoms with Crippen molar-refractivity contribution in [2.45, 2.75) is 91.3 Å². The van der Waals surface area contributed by atoms with Crippen molar-refractivity contribution in [3.8, 4) is 23.0 Å². The molecule has 3 fully saturated rings. The zero-order valence-corrected chi connectivity index (χ0v) is 25.2. The minimum Gasteiger partial charge on any atom is -0.495 e. The molecule has 0 radical (unpaired) electrons. The molecule has 3 aliphatic carbocycles. The van der Waals surface area contributed by atoms with Gasteiger partial charge in [0.25, 0.3) is 0 Å². The summed E-state index contributed by atoms with van der Waals surface area (Å²) in [6.45, 7) is 7.85. The second kappa shape index (κ2) is 10.5. The lowest BCUT2D eigenvalue weighted by Gasteiger charge is -2.30. The first-order chi connectivity index (χ1) is 19.6. The Hall–Kier alpha value is -2.77. The van der Waals surface area contributed by atoms with Gasteiger partial charge < -0.3 is 24.1 Å². The van der Waals surface area contributed by atoms with E-state index in [9.17, 15) is 14.7 Å². The first-order valence-electron chi connectivity index (χ1n) is 14.9. The summed E-state index contributed by atoms with van der Waals surface area (Å²) in [7, 11) is 1.45. The molecule has 0 spiro atoms. The molecule has 1 aliphatic heterocycles. The zero-order valence-electron chi connectivity index (χ0n) is 24.5. The number of methoxy groups -OCH3 is 1. The molecule has 6 rings (SSSR count). The fraction of sp³-hybridized carbons (Fsp3) is 0.576. The maximum Gasteiger partial charge on any atom is 0.346 e. The number of cyclic esters (lactones) is 1. The van der Waals surface area contributed by atoms with Crippen molar-refractivity contribution in [3.63, 3.8) is 0 Å². The minimum atomic E-state index is -0.835. The average molecular weight is 583 g/mol. The van der Waals surface area contributed by atoms with Gasteiger partial charge in [-0.1, -0.05) is 25.4 Å². The van der Waals surface area contributed by atoms with Gasteiger partial charge in [-0.15, -0.1) is 0 Å². The Kier molecular flexibility index (Phi) is 7.26. The Bertz CT molecular complexity index is 1390. The van der Waals surface area contributed by atoms with Crippen LogP contribution in [0.1, 0.15) is 110 Å². The Morgan fingerprint density at radius 3 is 2.37 bits per heavy atom. The SMILES string of the molecule is COc1c([C@@H](O)CC(C)C)ccc2c1C(=O)OCc1c(Cl)c(C)c(C3CC3)c(OC(=O)C3(C)C4CCC3CC4)c1O2. The van der Waals surface area contributed by atoms with Crippen LogP contribution in [0.15, 0.2) is 12.1 Å². The molecular weight excluding hydrogens is 544 g/mol. The molecule has 0 unspecified atom stereocenters. The van der Waals surface area contributed by atoms with E-state index in [-0.39, 0.29) is 41.5 Å². The maximum absolute atomic E-state index is 14.0. The molecule has 2 aromatic carbocycles. The molecule has 3 saturated carbocycles. The summed E-state index contributed by atoms with van der Waals surface area (Å²) in [6, 6.07) is 3.35. The molecule has 1 N–H and O–H groups in total. The van der Waals surface area contributed by atoms with Crippen molar-refractivity contribution in [2.75, 3.05) is 7.11 Å². The molecule has 41 heavy (non-hydrogen) atoms. The number of hydrogen-bond donors (Lipinski definition) is 1. The Morgan fingerprint density at radius 2 is 1.78 bits per heavy atom. The summed E-state index contributed by atoms with van der Waals surface area (Å²) in [6.07, 6.45) is 5.80. The molecule has 4 aliphatic rings. The van der Waals surface area contributed by atoms with Crippen LogP contribution in [0.5, 0.6) is 23.0 Å². The van der Waals surface area contributed by atoms with Crippen molar-refractivity contribution < 1.29 is 33.6 Å². The van der Waals surface area contributed by atoms with Gasteiger partial charge in [0.2, 0.25) is 0 Å². The van der Waals surface area contributed by atoms with Crippen LogP contribution in [-0.2, 0) is 16.1 Å². The highest BCUT2D eigenvalue weighted by atomic mass is 35.5. The first-order valence-corrected chi connectivity index (χ1v) is 15.2. The number of rotatable bonds is 7. The number of carbonyl (C=O) groups is 2. The van der Waals surface area contributed by atoms with Gasteiger partial charge in [-0.2, -0.15) is 0 Å². The van der Waals surface area contributed by atoms with Gasteiger partial charge in [0.05, 0.1) is 29.2 Å². The molecule has 7 nitrogen and oxygen atoms in total. The summed E-state index contributed by atoms with van der Waals surface area (Å²) in [4.78, 5) is 27.4. The van der Waals surface area contributed by atoms with Crippen LogP contribution in [0.2, 0.25) is 5.02 Å². The highest BCUT2D eigenvalue weighted by Crippen LogP contribution is 2.60. The van der Waals surface area contributed by atoms with E-state index in [1.165, 1.54) is 7.11 Å². The van der Waals surface area contributed by atoms with E-state index in [2.05, 4.69) is 6.92 Å². The lowest BCUT2D eigenvalue weighted by Crippen LogP contribution is -2.36. The van der Waals surface area contributed by atoms with Crippen molar-refractivity contribution in [3.05, 3.63) is 45.0 Å². The molecule has 0 aromatic heterocycles. The van der Waals surface area contributed by atoms with E-state index in [4.69, 9.17) is 30.5 Å². The lowest BCUT2D eigenvalue weighted by atomic mass is 9.79. The van der Waals surface area contributed by atoms with Gasteiger partial charge in [-0.05, 0) is 100 Å². The topological polar surface area (TPSA) is 91.3 Å². The average Bonchev–Trinajstić information content (AvgIpc) is 3.66. The van der Waals surface area contributed by atoms with Crippen LogP contribution in [0, 0.1) is 30.1 Å². The highest BCUT2D eigenvalue weighted by Gasteiger charge is 2.57. The Balaban J connectivity index is 1.48. The van der Waals surface area contributed by atoms with E-state index in [0.717, 1.165) is 49.7 Å². The molecule has 0 amide bonds. The van der Waals surface area contributed by atoms with Gasteiger partial charge >= 0.3 is 11.9 Å². The quantitative estimate of drug-likeness (QED) is 0.263. The molecule has 2 bridgehead atoms. The molecule has 1 heterocycles. The number of esters is 2. The lowest BCUT2D eigenvalue weighted by molar-refractivity contribution is -0.147. The van der Waals surface area contributed by atoms with Gasteiger partial charge in [-0.25, -0.2) is 4.79 Å². The van der Waals surface area contributed by atoms with Crippen LogP contribution in [-0.4, -0.2) is 24.2 Å². The number of fused-ring (bicyclic) bond motifs is 4. The van der Waals surface area contributed by atoms with Crippen LogP contribution in [0.25, 0.3) is 0 Å². The number of benzene rings is 2. The largest absolute Gasteiger partial charge is 0.495 e. The maximum atomic E-state index is 14.0. The van der Waals surface area contributed by atoms with Crippen LogP contribution in [0.3, 0.4) is 0 Å². The summed E-state index contributed by atoms with van der Waals surface area (Å²) < 4.78 is 24.4. The fourth-order valence-corrected chi connectivity index (χ4v) is 7.71. The predicted octanol–water partition coefficient (Wildman–Crippen LogP) is 7.81. The molecule has 2 aromatic rings. The Labute approximate surface area is 246 Å². The second-order valence-electron chi connectivity index (χ2n) is 12.9. The number of carbonyl (C=O) groups excluding carboxylic acids is 2. The third-order valence-corrected chi connectivity index (χ3v) is 10.4. The number of aliphatic hydroxyl groups is 1. The zero-order chi connectivity index (χ0) is 29.2. The number of hydrogen-bond acceptors (Lipinski definition) is 7. The standard InChI is InChI=1S/C33H39ClO7/c1-16(2)14-23(35)21-12-13-24-26(28(21)38-5)31(36)39-15-22-27(34)17(3)25(18-6-7-18)30(29(22)40-24)41-32(37)33(4)19-8-9-20(33)11-10-19/h12-13,16,18-20,23,35H,6-11,14-15H2,1-5H3/t19?,20?,23-,33?/m0/s1. The number of halogens is 1. The highest BCUT2D eigenvalue weighted by molar-refractivity contribution is 6.32. The van der Waals surface area contributed by atoms with Crippen molar-refractivity contribution >= 4 is 23.5 Å². The minimum absolute atomic E-state index is 0.0844. The van der Waals surface area contributed by atoms with E-state index >= 15 is 0 Å². The van der Waals surface area contributed by atoms with E-state index in [1.54, 1.807) is 12.1 Å². The first kappa shape index (κ1) is 28.4. The molecule has 220 valence electrons. The van der Waals surface area contributed by atoms with Crippen LogP contribution < -0.4 is 14.2 Å². The van der Waals surface area contributed by atoms with Gasteiger partial charge in [0.1, 0.15) is 23.7 Å². The number of aliphatic hydroxyl groups excluding tert-OH is 1. The van der Waals surface area contributed by atoms with Gasteiger partial charge in [0.15, 0.2) is 11.5 Å². The molecular formula is C33H39ClO7. The van der Waals surface area contributed by atoms with Gasteiger partial charge in [0, 0.05) is 11.1 Å². The number of ether oxygens (including phenoxy) is 4. The van der Waals surface area contributed by atoms with E-state index < -0.39 is 17.5 Å². The summed E-state index contributed by atoms with van der Waals surface area (Å²) in [5.41, 5.74) is 2.22. The Morgan fingerprint density at radius 1 is 1.12 bits per heavy atom. The summed E-state index contributed by atoms with van der Waals surface area (Å²) >= 11 is 6.91. The fourth-order valence-electron chi connectivity index (χ4n) is 7.47. The third-order valence-electron chi connectivity index (χ3n) is 9.94. The van der Waals surface area contributed by atoms with Crippen molar-refractivity contribution in [1.29, 1.82) is 0 Å². The molecule has 0 saturated heterocycles. The second-order valence-corrected chi connectivity index (χ2v) is 13.2. The van der Waals surface area contributed by atoms with Crippen molar-refractivity contribution in [1.82, 2.24) is 0 Å². The third kappa shape index (κ3) is 4.60.